The molecule has 1 aromatic carbocycles. The van der Waals surface area contributed by atoms with Crippen molar-refractivity contribution in [1.82, 2.24) is 24.7 Å². The van der Waals surface area contributed by atoms with E-state index in [4.69, 9.17) is 24.8 Å². The number of fused-ring (bicyclic) bond motifs is 2. The number of likely N-dealkylation sites (tertiary alicyclic amines) is 1. The number of hydrogen-bond donors (Lipinski definition) is 3. The van der Waals surface area contributed by atoms with Gasteiger partial charge in [0.25, 0.3) is 0 Å². The summed E-state index contributed by atoms with van der Waals surface area (Å²) in [4.78, 5) is 38.7. The van der Waals surface area contributed by atoms with Gasteiger partial charge in [-0.1, -0.05) is 12.1 Å². The molecule has 222 valence electrons. The predicted molar refractivity (Wildman–Crippen MR) is 125 cm³/mol. The number of piperidine rings is 1. The molecule has 1 aromatic heterocycles. The van der Waals surface area contributed by atoms with Crippen LogP contribution in [0.5, 0.6) is 0 Å². The van der Waals surface area contributed by atoms with E-state index >= 15 is 0 Å². The molecule has 3 heterocycles. The van der Waals surface area contributed by atoms with E-state index in [1.54, 1.807) is 19.2 Å². The number of imidazole rings is 1. The third kappa shape index (κ3) is 7.61. The molecule has 0 aliphatic carbocycles. The number of benzene rings is 1. The Labute approximate surface area is 223 Å². The van der Waals surface area contributed by atoms with Crippen LogP contribution < -0.4 is 5.32 Å². The third-order valence-electron chi connectivity index (χ3n) is 6.36. The molecule has 40 heavy (non-hydrogen) atoms. The number of nitrogens with zero attached hydrogens (tertiary/aromatic N) is 4. The van der Waals surface area contributed by atoms with Crippen molar-refractivity contribution in [3.8, 4) is 11.3 Å². The summed E-state index contributed by atoms with van der Waals surface area (Å²) >= 11 is 0. The number of halogens is 7. The number of aromatic nitrogens is 2. The Morgan fingerprint density at radius 2 is 1.48 bits per heavy atom. The second-order valence-electron chi connectivity index (χ2n) is 8.73. The van der Waals surface area contributed by atoms with Crippen molar-refractivity contribution in [3.63, 3.8) is 0 Å². The first-order chi connectivity index (χ1) is 18.4. The lowest BCUT2D eigenvalue weighted by atomic mass is 9.83. The van der Waals surface area contributed by atoms with E-state index in [2.05, 4.69) is 21.8 Å². The summed E-state index contributed by atoms with van der Waals surface area (Å²) in [7, 11) is 3.80. The van der Waals surface area contributed by atoms with Crippen LogP contribution in [0.1, 0.15) is 18.7 Å². The largest absolute Gasteiger partial charge is 0.490 e. The Kier molecular flexibility index (Phi) is 10.1. The number of carboxylic acids is 2. The minimum Gasteiger partial charge on any atom is -0.475 e. The summed E-state index contributed by atoms with van der Waals surface area (Å²) in [6.45, 7) is 3.14. The van der Waals surface area contributed by atoms with Gasteiger partial charge in [0.2, 0.25) is 0 Å². The van der Waals surface area contributed by atoms with Crippen LogP contribution in [0.2, 0.25) is 0 Å². The zero-order valence-electron chi connectivity index (χ0n) is 21.2. The van der Waals surface area contributed by atoms with Gasteiger partial charge in [0.1, 0.15) is 11.6 Å². The lowest BCUT2D eigenvalue weighted by molar-refractivity contribution is -0.193. The second kappa shape index (κ2) is 12.5. The van der Waals surface area contributed by atoms with Crippen LogP contribution in [0.25, 0.3) is 11.3 Å². The number of alkyl halides is 6. The van der Waals surface area contributed by atoms with Crippen molar-refractivity contribution >= 4 is 18.0 Å². The van der Waals surface area contributed by atoms with E-state index in [1.807, 2.05) is 17.2 Å². The fraction of sp³-hybridized carbons (Fsp3) is 0.478. The molecule has 2 amide bonds. The highest BCUT2D eigenvalue weighted by molar-refractivity contribution is 5.74. The second-order valence-corrected chi connectivity index (χ2v) is 8.73. The van der Waals surface area contributed by atoms with Gasteiger partial charge in [-0.15, -0.1) is 0 Å². The normalized spacial score (nSPS) is 16.6. The molecule has 3 N–H and O–H groups in total. The van der Waals surface area contributed by atoms with Crippen LogP contribution in [-0.2, 0) is 21.7 Å². The van der Waals surface area contributed by atoms with Crippen LogP contribution in [0.3, 0.4) is 0 Å². The van der Waals surface area contributed by atoms with Crippen molar-refractivity contribution in [3.05, 3.63) is 42.1 Å². The molecule has 10 nitrogen and oxygen atoms in total. The van der Waals surface area contributed by atoms with Crippen molar-refractivity contribution in [2.24, 2.45) is 0 Å². The summed E-state index contributed by atoms with van der Waals surface area (Å²) in [5, 5.41) is 17.0. The van der Waals surface area contributed by atoms with Crippen LogP contribution in [0, 0.1) is 5.82 Å². The Hall–Kier alpha value is -3.89. The van der Waals surface area contributed by atoms with Gasteiger partial charge in [0.15, 0.2) is 0 Å². The maximum absolute atomic E-state index is 13.7. The molecule has 1 fully saturated rings. The van der Waals surface area contributed by atoms with Gasteiger partial charge in [-0.05, 0) is 32.0 Å². The van der Waals surface area contributed by atoms with E-state index in [-0.39, 0.29) is 17.4 Å². The first-order valence-corrected chi connectivity index (χ1v) is 11.5. The van der Waals surface area contributed by atoms with Gasteiger partial charge >= 0.3 is 30.3 Å². The quantitative estimate of drug-likeness (QED) is 0.437. The number of hydrogen-bond acceptors (Lipinski definition) is 5. The van der Waals surface area contributed by atoms with Crippen molar-refractivity contribution in [2.45, 2.75) is 37.3 Å². The predicted octanol–water partition coefficient (Wildman–Crippen LogP) is 3.53. The summed E-state index contributed by atoms with van der Waals surface area (Å²) in [5.41, 5.74) is 1.64. The molecular formula is C23H26F7N5O5. The molecular weight excluding hydrogens is 559 g/mol. The van der Waals surface area contributed by atoms with Crippen LogP contribution in [0.15, 0.2) is 30.5 Å². The Morgan fingerprint density at radius 1 is 0.950 bits per heavy atom. The Morgan fingerprint density at radius 3 is 1.93 bits per heavy atom. The molecule has 2 aliphatic heterocycles. The number of likely N-dealkylation sites (N-methyl/N-ethyl adjacent to an activating group) is 1. The molecule has 0 unspecified atom stereocenters. The van der Waals surface area contributed by atoms with Crippen LogP contribution >= 0.6 is 0 Å². The first-order valence-electron chi connectivity index (χ1n) is 11.5. The number of amides is 2. The van der Waals surface area contributed by atoms with Crippen molar-refractivity contribution in [1.29, 1.82) is 0 Å². The van der Waals surface area contributed by atoms with E-state index in [0.717, 1.165) is 43.0 Å². The van der Waals surface area contributed by atoms with Crippen LogP contribution in [-0.4, -0.2) is 93.6 Å². The molecule has 17 heteroatoms. The molecule has 0 radical (unpaired) electrons. The molecule has 0 saturated carbocycles. The fourth-order valence-corrected chi connectivity index (χ4v) is 4.33. The lowest BCUT2D eigenvalue weighted by Gasteiger charge is -2.49. The Bertz CT molecular complexity index is 1180. The standard InChI is InChI=1S/C19H24FN5O.2C2HF3O2/c1-21-18(26)24-8-6-19(7-9-24)17-22-13-16(25(17)11-10-23(19)2)14-4-3-5-15(20)12-14;2*3-2(4,5)1(6)7/h3-5,12-13H,6-11H2,1-2H3,(H,21,26);2*(H,6,7). The minimum atomic E-state index is -5.08. The molecule has 2 aromatic rings. The minimum absolute atomic E-state index is 0.0258. The molecule has 0 atom stereocenters. The molecule has 1 saturated heterocycles. The topological polar surface area (TPSA) is 128 Å². The summed E-state index contributed by atoms with van der Waals surface area (Å²) in [5.74, 6) is -4.72. The highest BCUT2D eigenvalue weighted by Gasteiger charge is 2.46. The number of rotatable bonds is 1. The maximum Gasteiger partial charge on any atom is 0.490 e. The van der Waals surface area contributed by atoms with E-state index in [9.17, 15) is 35.5 Å². The van der Waals surface area contributed by atoms with Gasteiger partial charge in [-0.2, -0.15) is 26.3 Å². The van der Waals surface area contributed by atoms with Gasteiger partial charge in [0.05, 0.1) is 17.4 Å². The van der Waals surface area contributed by atoms with Gasteiger partial charge in [0, 0.05) is 38.8 Å². The molecule has 2 aliphatic rings. The van der Waals surface area contributed by atoms with Crippen molar-refractivity contribution in [2.75, 3.05) is 33.7 Å². The smallest absolute Gasteiger partial charge is 0.475 e. The summed E-state index contributed by atoms with van der Waals surface area (Å²) < 4.78 is 79.4. The van der Waals surface area contributed by atoms with Gasteiger partial charge in [-0.3, -0.25) is 4.90 Å². The number of urea groups is 1. The molecule has 0 bridgehead atoms. The molecule has 1 spiro atoms. The molecule has 4 rings (SSSR count). The fourth-order valence-electron chi connectivity index (χ4n) is 4.33. The number of carboxylic acid groups (broad SMARTS) is 2. The van der Waals surface area contributed by atoms with Crippen molar-refractivity contribution < 1.29 is 55.3 Å². The zero-order chi connectivity index (χ0) is 30.5. The number of carbonyl (C=O) groups is 3. The third-order valence-corrected chi connectivity index (χ3v) is 6.36. The van der Waals surface area contributed by atoms with Gasteiger partial charge < -0.3 is 25.0 Å². The monoisotopic (exact) mass is 585 g/mol. The van der Waals surface area contributed by atoms with Crippen LogP contribution in [0.4, 0.5) is 35.5 Å². The lowest BCUT2D eigenvalue weighted by Crippen LogP contribution is -2.57. The SMILES string of the molecule is CNC(=O)N1CCC2(CC1)c1ncc(-c3cccc(F)c3)n1CCN2C.O=C(O)C(F)(F)F.O=C(O)C(F)(F)F. The number of carbonyl (C=O) groups excluding carboxylic acids is 1. The summed E-state index contributed by atoms with van der Waals surface area (Å²) in [6, 6.07) is 6.65. The average molecular weight is 585 g/mol. The number of nitrogens with one attached hydrogen (secondary N) is 1. The maximum atomic E-state index is 13.7. The Balaban J connectivity index is 0.000000333. The highest BCUT2D eigenvalue weighted by Crippen LogP contribution is 2.41. The van der Waals surface area contributed by atoms with E-state index in [1.165, 1.54) is 6.07 Å². The first kappa shape index (κ1) is 32.3. The zero-order valence-corrected chi connectivity index (χ0v) is 21.2. The van der Waals surface area contributed by atoms with Gasteiger partial charge in [-0.25, -0.2) is 23.8 Å². The van der Waals surface area contributed by atoms with E-state index < -0.39 is 24.3 Å². The number of aliphatic carboxylic acids is 2. The highest BCUT2D eigenvalue weighted by atomic mass is 19.4. The van der Waals surface area contributed by atoms with E-state index in [0.29, 0.717) is 13.1 Å². The average Bonchev–Trinajstić information content (AvgIpc) is 3.31. The summed E-state index contributed by atoms with van der Waals surface area (Å²) in [6.07, 6.45) is -6.62.